The molecule has 1 rings (SSSR count). The number of halogens is 3. The first-order chi connectivity index (χ1) is 8.18. The minimum atomic E-state index is -4.25. The summed E-state index contributed by atoms with van der Waals surface area (Å²) in [6, 6.07) is -2.42. The average molecular weight is 266 g/mol. The fraction of sp³-hybridized carbons (Fsp3) is 1.00. The van der Waals surface area contributed by atoms with Crippen LogP contribution in [0.4, 0.5) is 13.2 Å². The largest absolute Gasteiger partial charge is 0.405 e. The zero-order valence-electron chi connectivity index (χ0n) is 11.7. The summed E-state index contributed by atoms with van der Waals surface area (Å²) in [6.45, 7) is 8.13. The van der Waals surface area contributed by atoms with Crippen LogP contribution >= 0.6 is 0 Å². The SMILES string of the molecule is CCC(N)C(N1CC(C)CC(C)C1C)C(F)(F)F. The second-order valence-electron chi connectivity index (χ2n) is 5.81. The van der Waals surface area contributed by atoms with Crippen molar-refractivity contribution in [1.29, 1.82) is 0 Å². The fourth-order valence-electron chi connectivity index (χ4n) is 3.03. The Labute approximate surface area is 108 Å². The molecule has 5 atom stereocenters. The van der Waals surface area contributed by atoms with Crippen LogP contribution in [0.5, 0.6) is 0 Å². The third kappa shape index (κ3) is 3.38. The van der Waals surface area contributed by atoms with Crippen LogP contribution in [0.25, 0.3) is 0 Å². The van der Waals surface area contributed by atoms with Gasteiger partial charge in [-0.25, -0.2) is 0 Å². The summed E-state index contributed by atoms with van der Waals surface area (Å²) in [7, 11) is 0. The highest BCUT2D eigenvalue weighted by atomic mass is 19.4. The normalized spacial score (nSPS) is 34.3. The van der Waals surface area contributed by atoms with E-state index in [1.54, 1.807) is 11.8 Å². The first-order valence-corrected chi connectivity index (χ1v) is 6.76. The molecule has 0 aromatic carbocycles. The fourth-order valence-corrected chi connectivity index (χ4v) is 3.03. The Balaban J connectivity index is 2.96. The van der Waals surface area contributed by atoms with E-state index in [9.17, 15) is 13.2 Å². The van der Waals surface area contributed by atoms with Crippen LogP contribution in [0.2, 0.25) is 0 Å². The molecule has 108 valence electrons. The van der Waals surface area contributed by atoms with Crippen molar-refractivity contribution in [2.24, 2.45) is 17.6 Å². The van der Waals surface area contributed by atoms with Crippen LogP contribution in [0.3, 0.4) is 0 Å². The molecule has 0 aliphatic carbocycles. The van der Waals surface area contributed by atoms with Gasteiger partial charge in [-0.05, 0) is 31.6 Å². The van der Waals surface area contributed by atoms with E-state index < -0.39 is 18.3 Å². The Hall–Kier alpha value is -0.290. The number of nitrogens with two attached hydrogens (primary N) is 1. The molecular weight excluding hydrogens is 241 g/mol. The van der Waals surface area contributed by atoms with Crippen LogP contribution in [0.1, 0.15) is 40.5 Å². The van der Waals surface area contributed by atoms with E-state index in [1.165, 1.54) is 0 Å². The smallest absolute Gasteiger partial charge is 0.326 e. The maximum atomic E-state index is 13.2. The maximum absolute atomic E-state index is 13.2. The molecule has 1 fully saturated rings. The number of alkyl halides is 3. The number of likely N-dealkylation sites (tertiary alicyclic amines) is 1. The second kappa shape index (κ2) is 5.78. The number of piperidine rings is 1. The van der Waals surface area contributed by atoms with Crippen LogP contribution in [0.15, 0.2) is 0 Å². The highest BCUT2D eigenvalue weighted by Crippen LogP contribution is 2.35. The molecule has 2 N–H and O–H groups in total. The second-order valence-corrected chi connectivity index (χ2v) is 5.81. The number of hydrogen-bond donors (Lipinski definition) is 1. The summed E-state index contributed by atoms with van der Waals surface area (Å²) in [6.07, 6.45) is -2.92. The van der Waals surface area contributed by atoms with E-state index in [0.29, 0.717) is 18.9 Å². The molecule has 0 spiro atoms. The first-order valence-electron chi connectivity index (χ1n) is 6.76. The molecule has 5 heteroatoms. The number of rotatable bonds is 3. The highest BCUT2D eigenvalue weighted by molar-refractivity contribution is 4.94. The van der Waals surface area contributed by atoms with Crippen molar-refractivity contribution >= 4 is 0 Å². The number of nitrogens with zero attached hydrogens (tertiary/aromatic N) is 1. The molecule has 0 aromatic heterocycles. The van der Waals surface area contributed by atoms with Gasteiger partial charge in [0.25, 0.3) is 0 Å². The van der Waals surface area contributed by atoms with Crippen LogP contribution in [-0.4, -0.2) is 35.7 Å². The minimum absolute atomic E-state index is 0.0644. The predicted molar refractivity (Wildman–Crippen MR) is 67.2 cm³/mol. The predicted octanol–water partition coefficient (Wildman–Crippen LogP) is 3.02. The summed E-state index contributed by atoms with van der Waals surface area (Å²) < 4.78 is 39.7. The zero-order valence-corrected chi connectivity index (χ0v) is 11.7. The Kier molecular flexibility index (Phi) is 5.06. The van der Waals surface area contributed by atoms with E-state index in [2.05, 4.69) is 0 Å². The molecule has 1 saturated heterocycles. The van der Waals surface area contributed by atoms with Crippen LogP contribution < -0.4 is 5.73 Å². The highest BCUT2D eigenvalue weighted by Gasteiger charge is 2.49. The molecule has 1 heterocycles. The van der Waals surface area contributed by atoms with Crippen molar-refractivity contribution in [2.75, 3.05) is 6.54 Å². The van der Waals surface area contributed by atoms with Crippen LogP contribution in [0, 0.1) is 11.8 Å². The Morgan fingerprint density at radius 2 is 1.83 bits per heavy atom. The average Bonchev–Trinajstić information content (AvgIpc) is 2.23. The monoisotopic (exact) mass is 266 g/mol. The van der Waals surface area contributed by atoms with Gasteiger partial charge in [0.15, 0.2) is 0 Å². The van der Waals surface area contributed by atoms with E-state index in [1.807, 2.05) is 20.8 Å². The summed E-state index contributed by atoms with van der Waals surface area (Å²) in [5, 5.41) is 0. The third-order valence-electron chi connectivity index (χ3n) is 4.21. The van der Waals surface area contributed by atoms with Gasteiger partial charge in [-0.2, -0.15) is 13.2 Å². The van der Waals surface area contributed by atoms with Crippen molar-refractivity contribution in [3.63, 3.8) is 0 Å². The van der Waals surface area contributed by atoms with Gasteiger partial charge in [0.1, 0.15) is 6.04 Å². The molecule has 2 nitrogen and oxygen atoms in total. The Morgan fingerprint density at radius 3 is 2.28 bits per heavy atom. The first kappa shape index (κ1) is 15.8. The molecule has 1 aliphatic rings. The Morgan fingerprint density at radius 1 is 1.28 bits per heavy atom. The summed E-state index contributed by atoms with van der Waals surface area (Å²) >= 11 is 0. The quantitative estimate of drug-likeness (QED) is 0.850. The van der Waals surface area contributed by atoms with Gasteiger partial charge in [0.2, 0.25) is 0 Å². The van der Waals surface area contributed by atoms with Gasteiger partial charge in [-0.1, -0.05) is 20.8 Å². The van der Waals surface area contributed by atoms with Crippen molar-refractivity contribution in [3.8, 4) is 0 Å². The van der Waals surface area contributed by atoms with Crippen molar-refractivity contribution in [2.45, 2.75) is 64.8 Å². The van der Waals surface area contributed by atoms with E-state index in [-0.39, 0.29) is 12.0 Å². The van der Waals surface area contributed by atoms with Gasteiger partial charge in [0.05, 0.1) is 0 Å². The molecule has 1 aliphatic heterocycles. The third-order valence-corrected chi connectivity index (χ3v) is 4.21. The zero-order chi connectivity index (χ0) is 14.1. The topological polar surface area (TPSA) is 29.3 Å². The summed E-state index contributed by atoms with van der Waals surface area (Å²) in [5.41, 5.74) is 5.73. The summed E-state index contributed by atoms with van der Waals surface area (Å²) in [4.78, 5) is 1.58. The van der Waals surface area contributed by atoms with Crippen molar-refractivity contribution < 1.29 is 13.2 Å². The lowest BCUT2D eigenvalue weighted by atomic mass is 9.84. The van der Waals surface area contributed by atoms with Crippen molar-refractivity contribution in [1.82, 2.24) is 4.90 Å². The molecule has 0 radical (unpaired) electrons. The van der Waals surface area contributed by atoms with Gasteiger partial charge in [-0.3, -0.25) is 4.90 Å². The van der Waals surface area contributed by atoms with Crippen LogP contribution in [-0.2, 0) is 0 Å². The molecule has 5 unspecified atom stereocenters. The lowest BCUT2D eigenvalue weighted by Crippen LogP contribution is -2.62. The van der Waals surface area contributed by atoms with Gasteiger partial charge in [0, 0.05) is 18.6 Å². The Bertz CT molecular complexity index is 267. The molecule has 0 saturated carbocycles. The van der Waals surface area contributed by atoms with E-state index in [4.69, 9.17) is 5.73 Å². The molecule has 18 heavy (non-hydrogen) atoms. The van der Waals surface area contributed by atoms with E-state index in [0.717, 1.165) is 6.42 Å². The minimum Gasteiger partial charge on any atom is -0.326 e. The van der Waals surface area contributed by atoms with E-state index >= 15 is 0 Å². The molecular formula is C13H25F3N2. The van der Waals surface area contributed by atoms with Crippen molar-refractivity contribution in [3.05, 3.63) is 0 Å². The lowest BCUT2D eigenvalue weighted by Gasteiger charge is -2.47. The molecule has 0 amide bonds. The standard InChI is InChI=1S/C13H25F3N2/c1-5-11(17)12(13(14,15)16)18-7-8(2)6-9(3)10(18)4/h8-12H,5-7,17H2,1-4H3. The van der Waals surface area contributed by atoms with Gasteiger partial charge in [-0.15, -0.1) is 0 Å². The van der Waals surface area contributed by atoms with Gasteiger partial charge < -0.3 is 5.73 Å². The number of hydrogen-bond acceptors (Lipinski definition) is 2. The maximum Gasteiger partial charge on any atom is 0.405 e. The summed E-state index contributed by atoms with van der Waals surface area (Å²) in [5.74, 6) is 0.577. The molecule has 0 aromatic rings. The molecule has 0 bridgehead atoms. The lowest BCUT2D eigenvalue weighted by molar-refractivity contribution is -0.203. The van der Waals surface area contributed by atoms with Gasteiger partial charge >= 0.3 is 6.18 Å².